The van der Waals surface area contributed by atoms with Gasteiger partial charge in [-0.1, -0.05) is 65.8 Å². The number of hydrogen-bond donors (Lipinski definition) is 0. The Balaban J connectivity index is 1.33. The first-order valence-electron chi connectivity index (χ1n) is 14.7. The minimum atomic E-state index is -0.493. The highest BCUT2D eigenvalue weighted by Crippen LogP contribution is 2.32. The molecule has 6 rings (SSSR count). The number of aromatic nitrogens is 1. The standard InChI is InChI=1S/C36H35N3O3S/c1-4-39-32-16-14-27(22-30(32)31-23-28(15-17-33(31)39)35(40)29-13-9-8-10-24(29)2)25(3)37-42-36(41)34(26-11-6-5-7-12-26)38-18-20-43-21-19-38/h5-17,22-23,34H,4,18-21H2,1-3H3. The van der Waals surface area contributed by atoms with E-state index in [4.69, 9.17) is 4.84 Å². The summed E-state index contributed by atoms with van der Waals surface area (Å²) in [6.07, 6.45) is 0. The molecule has 4 aromatic carbocycles. The fraction of sp³-hybridized carbons (Fsp3) is 0.250. The van der Waals surface area contributed by atoms with Crippen LogP contribution < -0.4 is 0 Å². The maximum absolute atomic E-state index is 13.4. The van der Waals surface area contributed by atoms with Gasteiger partial charge in [0.05, 0.1) is 5.71 Å². The first kappa shape index (κ1) is 28.9. The van der Waals surface area contributed by atoms with Gasteiger partial charge >= 0.3 is 5.97 Å². The number of aryl methyl sites for hydroxylation is 2. The van der Waals surface area contributed by atoms with Gasteiger partial charge in [0.1, 0.15) is 6.04 Å². The highest BCUT2D eigenvalue weighted by Gasteiger charge is 2.30. The molecule has 1 saturated heterocycles. The highest BCUT2D eigenvalue weighted by atomic mass is 32.2. The molecule has 7 heteroatoms. The Hall–Kier alpha value is -4.20. The van der Waals surface area contributed by atoms with Gasteiger partial charge in [-0.25, -0.2) is 4.79 Å². The zero-order valence-electron chi connectivity index (χ0n) is 24.7. The number of benzene rings is 4. The highest BCUT2D eigenvalue weighted by molar-refractivity contribution is 7.99. The molecule has 43 heavy (non-hydrogen) atoms. The molecule has 1 aliphatic rings. The van der Waals surface area contributed by atoms with E-state index in [1.54, 1.807) is 0 Å². The Bertz CT molecular complexity index is 1840. The molecular weight excluding hydrogens is 554 g/mol. The van der Waals surface area contributed by atoms with Gasteiger partial charge in [-0.15, -0.1) is 0 Å². The minimum absolute atomic E-state index is 0.0125. The van der Waals surface area contributed by atoms with Crippen molar-refractivity contribution in [3.8, 4) is 0 Å². The lowest BCUT2D eigenvalue weighted by molar-refractivity contribution is -0.150. The molecule has 5 aromatic rings. The van der Waals surface area contributed by atoms with E-state index in [9.17, 15) is 9.59 Å². The molecule has 1 atom stereocenters. The monoisotopic (exact) mass is 589 g/mol. The summed E-state index contributed by atoms with van der Waals surface area (Å²) in [5.41, 5.74) is 6.87. The van der Waals surface area contributed by atoms with Crippen LogP contribution in [-0.4, -0.2) is 51.5 Å². The molecule has 0 radical (unpaired) electrons. The molecule has 1 fully saturated rings. The Labute approximate surface area is 256 Å². The van der Waals surface area contributed by atoms with Crippen molar-refractivity contribution in [3.63, 3.8) is 0 Å². The second kappa shape index (κ2) is 12.6. The molecule has 0 bridgehead atoms. The molecule has 1 aromatic heterocycles. The van der Waals surface area contributed by atoms with Gasteiger partial charge in [-0.05, 0) is 67.8 Å². The van der Waals surface area contributed by atoms with Crippen molar-refractivity contribution in [1.82, 2.24) is 9.47 Å². The Morgan fingerprint density at radius 2 is 1.49 bits per heavy atom. The molecular formula is C36H35N3O3S. The van der Waals surface area contributed by atoms with Crippen molar-refractivity contribution in [3.05, 3.63) is 119 Å². The smallest absolute Gasteiger partial charge is 0.341 e. The van der Waals surface area contributed by atoms with Gasteiger partial charge < -0.3 is 9.40 Å². The number of nitrogens with zero attached hydrogens (tertiary/aromatic N) is 3. The number of carbonyl (C=O) groups excluding carboxylic acids is 2. The van der Waals surface area contributed by atoms with Gasteiger partial charge in [0, 0.05) is 64.1 Å². The molecule has 218 valence electrons. The molecule has 0 aliphatic carbocycles. The van der Waals surface area contributed by atoms with Crippen LogP contribution >= 0.6 is 11.8 Å². The maximum Gasteiger partial charge on any atom is 0.356 e. The first-order chi connectivity index (χ1) is 21.0. The molecule has 1 aliphatic heterocycles. The molecule has 2 heterocycles. The third-order valence-electron chi connectivity index (χ3n) is 8.27. The van der Waals surface area contributed by atoms with Crippen LogP contribution in [0.3, 0.4) is 0 Å². The second-order valence-electron chi connectivity index (χ2n) is 10.9. The van der Waals surface area contributed by atoms with E-state index >= 15 is 0 Å². The molecule has 0 N–H and O–H groups in total. The number of thioether (sulfide) groups is 1. The van der Waals surface area contributed by atoms with Crippen molar-refractivity contribution >= 4 is 51.0 Å². The largest absolute Gasteiger partial charge is 0.356 e. The SMILES string of the molecule is CCn1c2ccc(C(=O)c3ccccc3C)cc2c2cc(C(C)=NOC(=O)C(c3ccccc3)N3CCSCC3)ccc21. The van der Waals surface area contributed by atoms with Crippen LogP contribution in [0.5, 0.6) is 0 Å². The van der Waals surface area contributed by atoms with Crippen molar-refractivity contribution in [2.24, 2.45) is 5.16 Å². The van der Waals surface area contributed by atoms with E-state index in [1.807, 2.05) is 104 Å². The lowest BCUT2D eigenvalue weighted by Gasteiger charge is -2.32. The summed E-state index contributed by atoms with van der Waals surface area (Å²) >= 11 is 1.90. The topological polar surface area (TPSA) is 63.9 Å². The minimum Gasteiger partial charge on any atom is -0.341 e. The van der Waals surface area contributed by atoms with E-state index < -0.39 is 6.04 Å². The summed E-state index contributed by atoms with van der Waals surface area (Å²) in [6.45, 7) is 8.39. The predicted octanol–water partition coefficient (Wildman–Crippen LogP) is 7.41. The summed E-state index contributed by atoms with van der Waals surface area (Å²) in [4.78, 5) is 34.7. The fourth-order valence-corrected chi connectivity index (χ4v) is 6.91. The normalized spacial score (nSPS) is 15.1. The number of rotatable bonds is 8. The van der Waals surface area contributed by atoms with Crippen LogP contribution in [-0.2, 0) is 16.2 Å². The predicted molar refractivity (Wildman–Crippen MR) is 176 cm³/mol. The Kier molecular flexibility index (Phi) is 8.45. The average molecular weight is 590 g/mol. The number of carbonyl (C=O) groups is 2. The zero-order valence-corrected chi connectivity index (χ0v) is 25.6. The van der Waals surface area contributed by atoms with E-state index in [2.05, 4.69) is 33.7 Å². The Morgan fingerprint density at radius 3 is 2.16 bits per heavy atom. The number of fused-ring (bicyclic) bond motifs is 3. The first-order valence-corrected chi connectivity index (χ1v) is 15.9. The molecule has 0 saturated carbocycles. The van der Waals surface area contributed by atoms with Crippen LogP contribution in [0.25, 0.3) is 21.8 Å². The van der Waals surface area contributed by atoms with Crippen LogP contribution in [0.2, 0.25) is 0 Å². The van der Waals surface area contributed by atoms with Crippen LogP contribution in [0.1, 0.15) is 52.5 Å². The van der Waals surface area contributed by atoms with Gasteiger partial charge in [0.2, 0.25) is 0 Å². The van der Waals surface area contributed by atoms with E-state index in [0.717, 1.165) is 69.6 Å². The number of oxime groups is 1. The average Bonchev–Trinajstić information content (AvgIpc) is 3.37. The van der Waals surface area contributed by atoms with Crippen LogP contribution in [0.15, 0.2) is 96.2 Å². The number of ketones is 1. The van der Waals surface area contributed by atoms with Crippen LogP contribution in [0, 0.1) is 6.92 Å². The van der Waals surface area contributed by atoms with Crippen LogP contribution in [0.4, 0.5) is 0 Å². The summed E-state index contributed by atoms with van der Waals surface area (Å²) in [5.74, 6) is 1.62. The van der Waals surface area contributed by atoms with E-state index in [1.165, 1.54) is 0 Å². The van der Waals surface area contributed by atoms with Crippen molar-refractivity contribution < 1.29 is 14.4 Å². The lowest BCUT2D eigenvalue weighted by Crippen LogP contribution is -2.40. The summed E-state index contributed by atoms with van der Waals surface area (Å²) < 4.78 is 2.25. The second-order valence-corrected chi connectivity index (χ2v) is 12.1. The van der Waals surface area contributed by atoms with Gasteiger partial charge in [-0.2, -0.15) is 11.8 Å². The van der Waals surface area contributed by atoms with Crippen molar-refractivity contribution in [2.75, 3.05) is 24.6 Å². The third-order valence-corrected chi connectivity index (χ3v) is 9.22. The fourth-order valence-electron chi connectivity index (χ4n) is 5.98. The van der Waals surface area contributed by atoms with Gasteiger partial charge in [0.25, 0.3) is 0 Å². The van der Waals surface area contributed by atoms with Crippen molar-refractivity contribution in [1.29, 1.82) is 0 Å². The third kappa shape index (κ3) is 5.75. The lowest BCUT2D eigenvalue weighted by atomic mass is 9.97. The van der Waals surface area contributed by atoms with Gasteiger partial charge in [0.15, 0.2) is 5.78 Å². The quantitative estimate of drug-likeness (QED) is 0.0816. The summed E-state index contributed by atoms with van der Waals surface area (Å²) in [7, 11) is 0. The van der Waals surface area contributed by atoms with Crippen molar-refractivity contribution in [2.45, 2.75) is 33.4 Å². The Morgan fingerprint density at radius 1 is 0.860 bits per heavy atom. The molecule has 6 nitrogen and oxygen atoms in total. The molecule has 0 amide bonds. The van der Waals surface area contributed by atoms with E-state index in [-0.39, 0.29) is 11.8 Å². The zero-order chi connectivity index (χ0) is 29.9. The summed E-state index contributed by atoms with van der Waals surface area (Å²) in [5, 5.41) is 6.36. The molecule has 1 unspecified atom stereocenters. The summed E-state index contributed by atoms with van der Waals surface area (Å²) in [6, 6.07) is 29.1. The molecule has 0 spiro atoms. The number of hydrogen-bond acceptors (Lipinski definition) is 6. The maximum atomic E-state index is 13.4. The van der Waals surface area contributed by atoms with Gasteiger partial charge in [-0.3, -0.25) is 9.69 Å². The van der Waals surface area contributed by atoms with E-state index in [0.29, 0.717) is 16.8 Å².